The molecule has 0 aliphatic carbocycles. The molecule has 0 aromatic heterocycles. The van der Waals surface area contributed by atoms with E-state index in [-0.39, 0.29) is 11.9 Å². The van der Waals surface area contributed by atoms with Gasteiger partial charge in [-0.25, -0.2) is 0 Å². The molecule has 21 heavy (non-hydrogen) atoms. The topological polar surface area (TPSA) is 46.3 Å². The van der Waals surface area contributed by atoms with Crippen LogP contribution in [0.5, 0.6) is 0 Å². The van der Waals surface area contributed by atoms with Crippen LogP contribution in [0.2, 0.25) is 0 Å². The minimum Gasteiger partial charge on any atom is -0.336 e. The average molecular weight is 355 g/mol. The van der Waals surface area contributed by atoms with E-state index in [1.807, 2.05) is 23.1 Å². The van der Waals surface area contributed by atoms with E-state index in [9.17, 15) is 4.79 Å². The van der Waals surface area contributed by atoms with Gasteiger partial charge in [0.15, 0.2) is 0 Å². The molecule has 0 aliphatic rings. The number of carbonyl (C=O) groups excluding carboxylic acids is 1. The summed E-state index contributed by atoms with van der Waals surface area (Å²) in [5, 5.41) is 0. The van der Waals surface area contributed by atoms with Crippen LogP contribution in [0.3, 0.4) is 0 Å². The molecule has 3 nitrogen and oxygen atoms in total. The molecule has 2 unspecified atom stereocenters. The van der Waals surface area contributed by atoms with Crippen LogP contribution in [0.25, 0.3) is 0 Å². The second kappa shape index (κ2) is 9.21. The lowest BCUT2D eigenvalue weighted by Crippen LogP contribution is -2.34. The van der Waals surface area contributed by atoms with E-state index in [4.69, 9.17) is 5.73 Å². The maximum Gasteiger partial charge on any atom is 0.223 e. The third-order valence-corrected chi connectivity index (χ3v) is 4.58. The number of benzene rings is 1. The first-order valence-electron chi connectivity index (χ1n) is 7.75. The van der Waals surface area contributed by atoms with Gasteiger partial charge in [0, 0.05) is 17.4 Å². The molecule has 1 amide bonds. The van der Waals surface area contributed by atoms with Crippen LogP contribution >= 0.6 is 15.9 Å². The van der Waals surface area contributed by atoms with Crippen LogP contribution in [0.1, 0.15) is 51.6 Å². The van der Waals surface area contributed by atoms with Crippen molar-refractivity contribution in [2.75, 3.05) is 13.1 Å². The molecule has 118 valence electrons. The zero-order valence-corrected chi connectivity index (χ0v) is 14.9. The van der Waals surface area contributed by atoms with E-state index in [1.165, 1.54) is 0 Å². The number of hydrogen-bond acceptors (Lipinski definition) is 2. The van der Waals surface area contributed by atoms with Crippen molar-refractivity contribution in [1.29, 1.82) is 0 Å². The fraction of sp³-hybridized carbons (Fsp3) is 0.588. The average Bonchev–Trinajstić information content (AvgIpc) is 2.49. The van der Waals surface area contributed by atoms with E-state index in [1.54, 1.807) is 0 Å². The van der Waals surface area contributed by atoms with Crippen molar-refractivity contribution in [3.8, 4) is 0 Å². The van der Waals surface area contributed by atoms with Crippen molar-refractivity contribution in [1.82, 2.24) is 4.90 Å². The minimum absolute atomic E-state index is 0.0845. The lowest BCUT2D eigenvalue weighted by atomic mass is 10.0. The van der Waals surface area contributed by atoms with Gasteiger partial charge in [0.2, 0.25) is 5.91 Å². The summed E-state index contributed by atoms with van der Waals surface area (Å²) in [6, 6.07) is 8.20. The molecule has 4 heteroatoms. The summed E-state index contributed by atoms with van der Waals surface area (Å²) in [6.45, 7) is 7.73. The molecule has 0 spiro atoms. The van der Waals surface area contributed by atoms with E-state index >= 15 is 0 Å². The Hall–Kier alpha value is -0.870. The Morgan fingerprint density at radius 3 is 2.57 bits per heavy atom. The Kier molecular flexibility index (Phi) is 7.97. The third-order valence-electron chi connectivity index (χ3n) is 3.86. The Morgan fingerprint density at radius 1 is 1.33 bits per heavy atom. The number of halogens is 1. The molecule has 2 atom stereocenters. The van der Waals surface area contributed by atoms with Gasteiger partial charge >= 0.3 is 0 Å². The third kappa shape index (κ3) is 5.44. The summed E-state index contributed by atoms with van der Waals surface area (Å²) in [7, 11) is 0. The number of nitrogens with two attached hydrogens (primary N) is 1. The van der Waals surface area contributed by atoms with Crippen LogP contribution in [0, 0.1) is 5.92 Å². The number of carbonyl (C=O) groups is 1. The zero-order chi connectivity index (χ0) is 15.8. The van der Waals surface area contributed by atoms with Gasteiger partial charge in [0.25, 0.3) is 0 Å². The van der Waals surface area contributed by atoms with Crippen LogP contribution in [0.4, 0.5) is 0 Å². The Balaban J connectivity index is 2.80. The van der Waals surface area contributed by atoms with Gasteiger partial charge in [0.1, 0.15) is 0 Å². The first-order chi connectivity index (χ1) is 10.0. The standard InChI is InChI=1S/C17H27BrN2O/c1-4-11-20(17(21)10-9-13(2)12-19)14(3)15-7-5-6-8-16(15)18/h5-8,13-14H,4,9-12,19H2,1-3H3. The Labute approximate surface area is 137 Å². The summed E-state index contributed by atoms with van der Waals surface area (Å²) >= 11 is 3.58. The van der Waals surface area contributed by atoms with Crippen molar-refractivity contribution in [2.45, 2.75) is 46.1 Å². The van der Waals surface area contributed by atoms with Crippen LogP contribution in [-0.4, -0.2) is 23.9 Å². The Bertz CT molecular complexity index is 450. The quantitative estimate of drug-likeness (QED) is 0.762. The summed E-state index contributed by atoms with van der Waals surface area (Å²) in [4.78, 5) is 14.5. The SMILES string of the molecule is CCCN(C(=O)CCC(C)CN)C(C)c1ccccc1Br. The molecule has 1 rings (SSSR count). The smallest absolute Gasteiger partial charge is 0.223 e. The molecule has 2 N–H and O–H groups in total. The summed E-state index contributed by atoms with van der Waals surface area (Å²) in [5.74, 6) is 0.622. The highest BCUT2D eigenvalue weighted by Gasteiger charge is 2.22. The lowest BCUT2D eigenvalue weighted by molar-refractivity contribution is -0.133. The monoisotopic (exact) mass is 354 g/mol. The second-order valence-corrected chi connectivity index (χ2v) is 6.52. The normalized spacial score (nSPS) is 13.8. The number of nitrogens with zero attached hydrogens (tertiary/aromatic N) is 1. The van der Waals surface area contributed by atoms with Gasteiger partial charge in [-0.3, -0.25) is 4.79 Å². The molecule has 1 aromatic carbocycles. The van der Waals surface area contributed by atoms with Crippen molar-refractivity contribution < 1.29 is 4.79 Å². The fourth-order valence-electron chi connectivity index (χ4n) is 2.39. The van der Waals surface area contributed by atoms with Gasteiger partial charge in [-0.15, -0.1) is 0 Å². The maximum absolute atomic E-state index is 12.5. The molecule has 0 saturated carbocycles. The number of hydrogen-bond donors (Lipinski definition) is 1. The zero-order valence-electron chi connectivity index (χ0n) is 13.3. The lowest BCUT2D eigenvalue weighted by Gasteiger charge is -2.30. The molecule has 0 saturated heterocycles. The van der Waals surface area contributed by atoms with Gasteiger partial charge < -0.3 is 10.6 Å². The van der Waals surface area contributed by atoms with E-state index in [0.717, 1.165) is 29.4 Å². The highest BCUT2D eigenvalue weighted by molar-refractivity contribution is 9.10. The van der Waals surface area contributed by atoms with Crippen molar-refractivity contribution in [3.05, 3.63) is 34.3 Å². The van der Waals surface area contributed by atoms with E-state index < -0.39 is 0 Å². The number of amides is 1. The minimum atomic E-state index is 0.0845. The van der Waals surface area contributed by atoms with Crippen LogP contribution in [-0.2, 0) is 4.79 Å². The van der Waals surface area contributed by atoms with Gasteiger partial charge in [0.05, 0.1) is 6.04 Å². The molecule has 0 heterocycles. The predicted molar refractivity (Wildman–Crippen MR) is 92.0 cm³/mol. The van der Waals surface area contributed by atoms with E-state index in [2.05, 4.69) is 42.8 Å². The van der Waals surface area contributed by atoms with Crippen LogP contribution in [0.15, 0.2) is 28.7 Å². The number of rotatable bonds is 8. The molecule has 0 aliphatic heterocycles. The first-order valence-corrected chi connectivity index (χ1v) is 8.54. The maximum atomic E-state index is 12.5. The summed E-state index contributed by atoms with van der Waals surface area (Å²) in [6.07, 6.45) is 2.40. The Morgan fingerprint density at radius 2 is 2.00 bits per heavy atom. The molecule has 1 aromatic rings. The van der Waals surface area contributed by atoms with Gasteiger partial charge in [-0.1, -0.05) is 48.0 Å². The summed E-state index contributed by atoms with van der Waals surface area (Å²) < 4.78 is 1.06. The highest BCUT2D eigenvalue weighted by Crippen LogP contribution is 2.28. The molecular formula is C17H27BrN2O. The second-order valence-electron chi connectivity index (χ2n) is 5.66. The van der Waals surface area contributed by atoms with Crippen molar-refractivity contribution in [2.24, 2.45) is 11.7 Å². The first kappa shape index (κ1) is 18.2. The highest BCUT2D eigenvalue weighted by atomic mass is 79.9. The van der Waals surface area contributed by atoms with Gasteiger partial charge in [-0.2, -0.15) is 0 Å². The summed E-state index contributed by atoms with van der Waals surface area (Å²) in [5.41, 5.74) is 6.79. The fourth-order valence-corrected chi connectivity index (χ4v) is 3.00. The predicted octanol–water partition coefficient (Wildman–Crippen LogP) is 4.12. The van der Waals surface area contributed by atoms with Gasteiger partial charge in [-0.05, 0) is 43.9 Å². The van der Waals surface area contributed by atoms with Crippen molar-refractivity contribution in [3.63, 3.8) is 0 Å². The van der Waals surface area contributed by atoms with Crippen LogP contribution < -0.4 is 5.73 Å². The largest absolute Gasteiger partial charge is 0.336 e. The van der Waals surface area contributed by atoms with E-state index in [0.29, 0.717) is 18.9 Å². The molecule has 0 bridgehead atoms. The molecular weight excluding hydrogens is 328 g/mol. The van der Waals surface area contributed by atoms with Crippen molar-refractivity contribution >= 4 is 21.8 Å². The molecule has 0 fully saturated rings. The molecule has 0 radical (unpaired) electrons.